The van der Waals surface area contributed by atoms with Gasteiger partial charge in [-0.15, -0.1) is 0 Å². The second-order valence-electron chi connectivity index (χ2n) is 4.04. The van der Waals surface area contributed by atoms with Gasteiger partial charge in [0.25, 0.3) is 0 Å². The number of aliphatic hydroxyl groups excluding tert-OH is 1. The van der Waals surface area contributed by atoms with Gasteiger partial charge in [-0.1, -0.05) is 11.1 Å². The molecule has 1 N–H and O–H groups in total. The molecule has 0 heterocycles. The lowest BCUT2D eigenvalue weighted by Crippen LogP contribution is -2.08. The Balaban J connectivity index is 2.33. The van der Waals surface area contributed by atoms with Crippen LogP contribution in [-0.4, -0.2) is 11.7 Å². The summed E-state index contributed by atoms with van der Waals surface area (Å²) in [5.74, 6) is 0.848. The van der Waals surface area contributed by atoms with Gasteiger partial charge in [0.15, 0.2) is 0 Å². The van der Waals surface area contributed by atoms with E-state index in [1.165, 1.54) is 25.7 Å². The predicted molar refractivity (Wildman–Crippen MR) is 52.0 cm³/mol. The molecule has 1 aliphatic carbocycles. The highest BCUT2D eigenvalue weighted by molar-refractivity contribution is 5.13. The summed E-state index contributed by atoms with van der Waals surface area (Å²) in [6.45, 7) is 4.86. The lowest BCUT2D eigenvalue weighted by molar-refractivity contribution is 0.266. The molecule has 12 heavy (non-hydrogen) atoms. The monoisotopic (exact) mass is 168 g/mol. The zero-order chi connectivity index (χ0) is 8.97. The maximum atomic E-state index is 8.70. The lowest BCUT2D eigenvalue weighted by Gasteiger charge is -2.23. The minimum absolute atomic E-state index is 0.359. The number of allylic oxidation sites excluding steroid dienone is 2. The fourth-order valence-electron chi connectivity index (χ4n) is 1.97. The van der Waals surface area contributed by atoms with Crippen LogP contribution in [-0.2, 0) is 0 Å². The minimum atomic E-state index is 0.359. The highest BCUT2D eigenvalue weighted by atomic mass is 16.2. The summed E-state index contributed by atoms with van der Waals surface area (Å²) < 4.78 is 0. The van der Waals surface area contributed by atoms with Gasteiger partial charge in [-0.05, 0) is 51.9 Å². The summed E-state index contributed by atoms with van der Waals surface area (Å²) in [5, 5.41) is 8.70. The molecule has 0 bridgehead atoms. The first-order valence-electron chi connectivity index (χ1n) is 5.00. The third kappa shape index (κ3) is 2.63. The van der Waals surface area contributed by atoms with Gasteiger partial charge >= 0.3 is 0 Å². The average Bonchev–Trinajstić information content (AvgIpc) is 2.07. The standard InChI is InChI=1S/C11H20O/c1-9-5-6-11(4-3-7-12)8-10(9)2/h11-12H,3-8H2,1-2H3. The van der Waals surface area contributed by atoms with Gasteiger partial charge in [-0.2, -0.15) is 0 Å². The van der Waals surface area contributed by atoms with E-state index in [1.54, 1.807) is 11.1 Å². The van der Waals surface area contributed by atoms with Gasteiger partial charge in [0.2, 0.25) is 0 Å². The number of aliphatic hydroxyl groups is 1. The molecule has 0 amide bonds. The van der Waals surface area contributed by atoms with Gasteiger partial charge in [-0.3, -0.25) is 0 Å². The van der Waals surface area contributed by atoms with Crippen LogP contribution >= 0.6 is 0 Å². The van der Waals surface area contributed by atoms with Crippen molar-refractivity contribution in [2.75, 3.05) is 6.61 Å². The van der Waals surface area contributed by atoms with Crippen LogP contribution in [0.5, 0.6) is 0 Å². The molecule has 70 valence electrons. The first-order chi connectivity index (χ1) is 5.74. The normalized spacial score (nSPS) is 24.8. The molecule has 1 aliphatic rings. The zero-order valence-corrected chi connectivity index (χ0v) is 8.27. The Bertz CT molecular complexity index is 170. The van der Waals surface area contributed by atoms with E-state index in [1.807, 2.05) is 0 Å². The van der Waals surface area contributed by atoms with Crippen molar-refractivity contribution in [3.8, 4) is 0 Å². The Hall–Kier alpha value is -0.300. The highest BCUT2D eigenvalue weighted by Gasteiger charge is 2.15. The minimum Gasteiger partial charge on any atom is -0.396 e. The third-order valence-electron chi connectivity index (χ3n) is 3.02. The van der Waals surface area contributed by atoms with Crippen molar-refractivity contribution in [3.05, 3.63) is 11.1 Å². The van der Waals surface area contributed by atoms with Crippen molar-refractivity contribution >= 4 is 0 Å². The molecule has 0 aliphatic heterocycles. The zero-order valence-electron chi connectivity index (χ0n) is 8.27. The summed E-state index contributed by atoms with van der Waals surface area (Å²) in [6.07, 6.45) is 6.08. The molecule has 1 unspecified atom stereocenters. The van der Waals surface area contributed by atoms with E-state index < -0.39 is 0 Å². The second-order valence-corrected chi connectivity index (χ2v) is 4.04. The molecule has 1 rings (SSSR count). The molecule has 0 saturated heterocycles. The van der Waals surface area contributed by atoms with Gasteiger partial charge < -0.3 is 5.11 Å². The number of rotatable bonds is 3. The van der Waals surface area contributed by atoms with Crippen LogP contribution in [0.4, 0.5) is 0 Å². The Kier molecular flexibility index (Phi) is 3.80. The van der Waals surface area contributed by atoms with E-state index in [9.17, 15) is 0 Å². The molecule has 1 atom stereocenters. The van der Waals surface area contributed by atoms with E-state index in [0.29, 0.717) is 6.61 Å². The predicted octanol–water partition coefficient (Wildman–Crippen LogP) is 2.90. The van der Waals surface area contributed by atoms with E-state index in [4.69, 9.17) is 5.11 Å². The fourth-order valence-corrected chi connectivity index (χ4v) is 1.97. The molecular weight excluding hydrogens is 148 g/mol. The third-order valence-corrected chi connectivity index (χ3v) is 3.02. The van der Waals surface area contributed by atoms with Crippen molar-refractivity contribution in [1.82, 2.24) is 0 Å². The van der Waals surface area contributed by atoms with Crippen LogP contribution in [0, 0.1) is 5.92 Å². The Morgan fingerprint density at radius 1 is 1.33 bits per heavy atom. The van der Waals surface area contributed by atoms with Crippen LogP contribution in [0.2, 0.25) is 0 Å². The summed E-state index contributed by atoms with van der Waals surface area (Å²) in [4.78, 5) is 0. The molecule has 0 aromatic carbocycles. The van der Waals surface area contributed by atoms with Gasteiger partial charge in [0.1, 0.15) is 0 Å². The van der Waals surface area contributed by atoms with Gasteiger partial charge in [0.05, 0.1) is 0 Å². The first-order valence-corrected chi connectivity index (χ1v) is 5.00. The van der Waals surface area contributed by atoms with E-state index >= 15 is 0 Å². The topological polar surface area (TPSA) is 20.2 Å². The van der Waals surface area contributed by atoms with Gasteiger partial charge in [-0.25, -0.2) is 0 Å². The molecule has 0 radical (unpaired) electrons. The second kappa shape index (κ2) is 4.66. The lowest BCUT2D eigenvalue weighted by atomic mass is 9.83. The first kappa shape index (κ1) is 9.79. The van der Waals surface area contributed by atoms with Gasteiger partial charge in [0, 0.05) is 6.61 Å². The Morgan fingerprint density at radius 2 is 2.08 bits per heavy atom. The van der Waals surface area contributed by atoms with Crippen molar-refractivity contribution < 1.29 is 5.11 Å². The highest BCUT2D eigenvalue weighted by Crippen LogP contribution is 2.31. The van der Waals surface area contributed by atoms with Crippen LogP contribution in [0.1, 0.15) is 46.0 Å². The fraction of sp³-hybridized carbons (Fsp3) is 0.818. The quantitative estimate of drug-likeness (QED) is 0.642. The van der Waals surface area contributed by atoms with Crippen LogP contribution in [0.3, 0.4) is 0 Å². The molecule has 0 saturated carbocycles. The van der Waals surface area contributed by atoms with Crippen LogP contribution in [0.25, 0.3) is 0 Å². The largest absolute Gasteiger partial charge is 0.396 e. The van der Waals surface area contributed by atoms with E-state index in [-0.39, 0.29) is 0 Å². The summed E-state index contributed by atoms with van der Waals surface area (Å²) in [7, 11) is 0. The Labute approximate surface area is 75.5 Å². The summed E-state index contributed by atoms with van der Waals surface area (Å²) in [5.41, 5.74) is 3.18. The summed E-state index contributed by atoms with van der Waals surface area (Å²) in [6, 6.07) is 0. The molecular formula is C11H20O. The number of hydrogen-bond acceptors (Lipinski definition) is 1. The molecule has 0 aromatic rings. The van der Waals surface area contributed by atoms with E-state index in [2.05, 4.69) is 13.8 Å². The van der Waals surface area contributed by atoms with Crippen molar-refractivity contribution in [2.45, 2.75) is 46.0 Å². The molecule has 0 aromatic heterocycles. The molecule has 0 fully saturated rings. The van der Waals surface area contributed by atoms with Crippen molar-refractivity contribution in [2.24, 2.45) is 5.92 Å². The summed E-state index contributed by atoms with van der Waals surface area (Å²) >= 11 is 0. The SMILES string of the molecule is CC1=C(C)CC(CCCO)CC1. The molecule has 1 nitrogen and oxygen atoms in total. The van der Waals surface area contributed by atoms with Crippen LogP contribution < -0.4 is 0 Å². The maximum Gasteiger partial charge on any atom is 0.0431 e. The number of hydrogen-bond donors (Lipinski definition) is 1. The maximum absolute atomic E-state index is 8.70. The average molecular weight is 168 g/mol. The molecule has 1 heteroatoms. The van der Waals surface area contributed by atoms with Crippen molar-refractivity contribution in [3.63, 3.8) is 0 Å². The van der Waals surface area contributed by atoms with Crippen LogP contribution in [0.15, 0.2) is 11.1 Å². The van der Waals surface area contributed by atoms with Crippen molar-refractivity contribution in [1.29, 1.82) is 0 Å². The molecule has 0 spiro atoms. The van der Waals surface area contributed by atoms with E-state index in [0.717, 1.165) is 12.3 Å². The smallest absolute Gasteiger partial charge is 0.0431 e. The Morgan fingerprint density at radius 3 is 2.67 bits per heavy atom.